The molecular weight excluding hydrogens is 488 g/mol. The smallest absolute Gasteiger partial charge is 0.416 e. The van der Waals surface area contributed by atoms with Crippen molar-refractivity contribution in [2.45, 2.75) is 56.9 Å². The van der Waals surface area contributed by atoms with E-state index < -0.39 is 29.6 Å². The number of nitrogens with one attached hydrogen (secondary N) is 1. The van der Waals surface area contributed by atoms with Crippen LogP contribution in [0.3, 0.4) is 0 Å². The molecule has 0 aliphatic heterocycles. The maximum Gasteiger partial charge on any atom is 0.416 e. The fourth-order valence-corrected chi connectivity index (χ4v) is 4.01. The molecule has 1 aliphatic rings. The molecule has 0 saturated heterocycles. The zero-order valence-electron chi connectivity index (χ0n) is 20.5. The number of benzene rings is 2. The summed E-state index contributed by atoms with van der Waals surface area (Å²) < 4.78 is 54.5. The van der Waals surface area contributed by atoms with Gasteiger partial charge in [0.25, 0.3) is 0 Å². The zero-order valence-corrected chi connectivity index (χ0v) is 20.5. The summed E-state index contributed by atoms with van der Waals surface area (Å²) in [6.07, 6.45) is -2.13. The van der Waals surface area contributed by atoms with E-state index in [1.165, 1.54) is 19.2 Å². The van der Waals surface area contributed by atoms with E-state index in [1.807, 2.05) is 30.3 Å². The highest BCUT2D eigenvalue weighted by atomic mass is 19.4. The summed E-state index contributed by atoms with van der Waals surface area (Å²) >= 11 is 0. The minimum Gasteiger partial charge on any atom is -0.481 e. The van der Waals surface area contributed by atoms with E-state index in [1.54, 1.807) is 4.90 Å². The van der Waals surface area contributed by atoms with Crippen LogP contribution in [0.4, 0.5) is 17.6 Å². The molecule has 10 heteroatoms. The van der Waals surface area contributed by atoms with Gasteiger partial charge in [-0.1, -0.05) is 42.5 Å². The topological polar surface area (TPSA) is 77.3 Å². The number of alkyl halides is 3. The Morgan fingerprint density at radius 2 is 1.78 bits per heavy atom. The predicted molar refractivity (Wildman–Crippen MR) is 135 cm³/mol. The molecular formula is C27H30F4N4O2. The lowest BCUT2D eigenvalue weighted by Gasteiger charge is -2.27. The summed E-state index contributed by atoms with van der Waals surface area (Å²) in [7, 11) is 1.42. The first kappa shape index (κ1) is 27.9. The molecule has 6 nitrogen and oxygen atoms in total. The molecule has 0 amide bonds. The molecule has 0 bridgehead atoms. The zero-order chi connectivity index (χ0) is 27.0. The van der Waals surface area contributed by atoms with Crippen LogP contribution < -0.4 is 5.32 Å². The van der Waals surface area contributed by atoms with Crippen molar-refractivity contribution in [2.24, 2.45) is 9.98 Å². The Bertz CT molecular complexity index is 1130. The third kappa shape index (κ3) is 8.16. The van der Waals surface area contributed by atoms with Gasteiger partial charge in [-0.3, -0.25) is 9.79 Å². The second-order valence-corrected chi connectivity index (χ2v) is 8.89. The SMILES string of the molecule is C=N/C(NC(CCc1ccccc1)CC(=O)O)=C(/F)C(=NC)N(Cc1ccc(C(F)(F)F)cc1)C1CC1. The minimum atomic E-state index is -4.44. The Morgan fingerprint density at radius 3 is 2.30 bits per heavy atom. The Morgan fingerprint density at radius 1 is 1.14 bits per heavy atom. The van der Waals surface area contributed by atoms with Gasteiger partial charge in [0.2, 0.25) is 5.83 Å². The van der Waals surface area contributed by atoms with Crippen molar-refractivity contribution in [3.05, 3.63) is 82.9 Å². The molecule has 0 aromatic heterocycles. The van der Waals surface area contributed by atoms with Gasteiger partial charge in [-0.15, -0.1) is 0 Å². The fourth-order valence-electron chi connectivity index (χ4n) is 4.01. The molecule has 1 atom stereocenters. The number of carboxylic acids is 1. The predicted octanol–water partition coefficient (Wildman–Crippen LogP) is 5.60. The third-order valence-electron chi connectivity index (χ3n) is 6.05. The van der Waals surface area contributed by atoms with Crippen LogP contribution >= 0.6 is 0 Å². The second-order valence-electron chi connectivity index (χ2n) is 8.89. The lowest BCUT2D eigenvalue weighted by atomic mass is 10.0. The van der Waals surface area contributed by atoms with Crippen LogP contribution in [0.15, 0.2) is 76.2 Å². The van der Waals surface area contributed by atoms with Gasteiger partial charge in [0.15, 0.2) is 11.7 Å². The van der Waals surface area contributed by atoms with Crippen LogP contribution in [0, 0.1) is 0 Å². The monoisotopic (exact) mass is 518 g/mol. The lowest BCUT2D eigenvalue weighted by molar-refractivity contribution is -0.138. The molecule has 1 fully saturated rings. The summed E-state index contributed by atoms with van der Waals surface area (Å²) in [4.78, 5) is 21.0. The molecule has 1 saturated carbocycles. The largest absolute Gasteiger partial charge is 0.481 e. The first-order valence-electron chi connectivity index (χ1n) is 11.9. The molecule has 0 radical (unpaired) electrons. The summed E-state index contributed by atoms with van der Waals surface area (Å²) in [5.74, 6) is -2.08. The third-order valence-corrected chi connectivity index (χ3v) is 6.05. The summed E-state index contributed by atoms with van der Waals surface area (Å²) in [5, 5.41) is 12.2. The second kappa shape index (κ2) is 12.5. The maximum atomic E-state index is 15.8. The van der Waals surface area contributed by atoms with Gasteiger partial charge >= 0.3 is 12.1 Å². The van der Waals surface area contributed by atoms with Crippen LogP contribution in [-0.4, -0.2) is 47.7 Å². The van der Waals surface area contributed by atoms with E-state index in [2.05, 4.69) is 22.0 Å². The van der Waals surface area contributed by atoms with Crippen molar-refractivity contribution in [1.82, 2.24) is 10.2 Å². The van der Waals surface area contributed by atoms with Gasteiger partial charge in [0, 0.05) is 25.7 Å². The Hall–Kier alpha value is -3.69. The minimum absolute atomic E-state index is 0.0190. The number of hydrogen-bond acceptors (Lipinski definition) is 4. The summed E-state index contributed by atoms with van der Waals surface area (Å²) in [5.41, 5.74) is 0.832. The number of nitrogens with zero attached hydrogens (tertiary/aromatic N) is 3. The van der Waals surface area contributed by atoms with E-state index in [0.29, 0.717) is 18.4 Å². The van der Waals surface area contributed by atoms with Crippen molar-refractivity contribution in [1.29, 1.82) is 0 Å². The van der Waals surface area contributed by atoms with Crippen molar-refractivity contribution in [3.8, 4) is 0 Å². The van der Waals surface area contributed by atoms with Gasteiger partial charge in [0.1, 0.15) is 0 Å². The number of hydrogen-bond donors (Lipinski definition) is 2. The number of carboxylic acid groups (broad SMARTS) is 1. The molecule has 0 spiro atoms. The molecule has 0 heterocycles. The van der Waals surface area contributed by atoms with Crippen LogP contribution in [0.2, 0.25) is 0 Å². The lowest BCUT2D eigenvalue weighted by Crippen LogP contribution is -2.36. The molecule has 2 aromatic rings. The molecule has 3 rings (SSSR count). The van der Waals surface area contributed by atoms with Gasteiger partial charge in [-0.05, 0) is 55.7 Å². The highest BCUT2D eigenvalue weighted by Crippen LogP contribution is 2.33. The van der Waals surface area contributed by atoms with Crippen LogP contribution in [0.5, 0.6) is 0 Å². The number of aliphatic carboxylic acids is 1. The molecule has 1 aliphatic carbocycles. The quantitative estimate of drug-likeness (QED) is 0.218. The van der Waals surface area contributed by atoms with Gasteiger partial charge in [-0.25, -0.2) is 4.99 Å². The Balaban J connectivity index is 1.80. The van der Waals surface area contributed by atoms with E-state index in [9.17, 15) is 23.1 Å². The summed E-state index contributed by atoms with van der Waals surface area (Å²) in [6.45, 7) is 3.60. The van der Waals surface area contributed by atoms with Crippen molar-refractivity contribution < 1.29 is 27.5 Å². The Labute approximate surface area is 213 Å². The number of amidine groups is 1. The van der Waals surface area contributed by atoms with E-state index in [-0.39, 0.29) is 30.7 Å². The maximum absolute atomic E-state index is 15.8. The highest BCUT2D eigenvalue weighted by molar-refractivity contribution is 5.97. The van der Waals surface area contributed by atoms with Crippen molar-refractivity contribution in [3.63, 3.8) is 0 Å². The molecule has 198 valence electrons. The van der Waals surface area contributed by atoms with Crippen LogP contribution in [0.1, 0.15) is 42.4 Å². The normalized spacial score (nSPS) is 15.5. The van der Waals surface area contributed by atoms with Gasteiger partial charge in [0.05, 0.1) is 12.0 Å². The Kier molecular flexibility index (Phi) is 9.43. The number of carbonyl (C=O) groups is 1. The van der Waals surface area contributed by atoms with Crippen LogP contribution in [-0.2, 0) is 23.9 Å². The molecule has 1 unspecified atom stereocenters. The number of aliphatic imine (C=N–C) groups is 2. The molecule has 37 heavy (non-hydrogen) atoms. The highest BCUT2D eigenvalue weighted by Gasteiger charge is 2.35. The van der Waals surface area contributed by atoms with Gasteiger partial charge < -0.3 is 15.3 Å². The summed E-state index contributed by atoms with van der Waals surface area (Å²) in [6, 6.07) is 13.6. The number of aryl methyl sites for hydroxylation is 1. The average Bonchev–Trinajstić information content (AvgIpc) is 3.71. The standard InChI is InChI=1S/C27H30F4N4O2/c1-32-25(34-21(16-23(36)37)13-10-18-6-4-3-5-7-18)24(28)26(33-2)35(22-14-15-22)17-19-8-11-20(12-9-19)27(29,30)31/h3-9,11-12,21-22,34H,1,10,13-17H2,2H3,(H,36,37)/b25-24-,33-26?. The first-order valence-corrected chi connectivity index (χ1v) is 11.9. The molecule has 2 aromatic carbocycles. The number of rotatable bonds is 12. The average molecular weight is 519 g/mol. The van der Waals surface area contributed by atoms with Crippen molar-refractivity contribution >= 4 is 18.5 Å². The van der Waals surface area contributed by atoms with E-state index in [4.69, 9.17) is 0 Å². The fraction of sp³-hybridized carbons (Fsp3) is 0.370. The number of halogens is 4. The van der Waals surface area contributed by atoms with E-state index >= 15 is 4.39 Å². The molecule has 2 N–H and O–H groups in total. The first-order chi connectivity index (χ1) is 17.6. The van der Waals surface area contributed by atoms with Crippen LogP contribution in [0.25, 0.3) is 0 Å². The van der Waals surface area contributed by atoms with Crippen molar-refractivity contribution in [2.75, 3.05) is 7.05 Å². The van der Waals surface area contributed by atoms with E-state index in [0.717, 1.165) is 30.5 Å². The van der Waals surface area contributed by atoms with Gasteiger partial charge in [-0.2, -0.15) is 17.6 Å².